The molecule has 0 fully saturated rings. The Morgan fingerprint density at radius 3 is 2.47 bits per heavy atom. The number of carbonyl (C=O) groups is 2. The minimum atomic E-state index is -0.349. The molecule has 0 aliphatic carbocycles. The monoisotopic (exact) mass is 239 g/mol. The van der Waals surface area contributed by atoms with Gasteiger partial charge in [0.2, 0.25) is 11.7 Å². The van der Waals surface area contributed by atoms with Gasteiger partial charge in [-0.1, -0.05) is 13.8 Å². The molecular weight excluding hydrogens is 222 g/mol. The van der Waals surface area contributed by atoms with E-state index in [1.807, 2.05) is 13.8 Å². The second kappa shape index (κ2) is 5.97. The SMILES string of the molecule is CC(=O)NCCNC(=O)c1n[nH]c(C(C)C)n1. The van der Waals surface area contributed by atoms with Gasteiger partial charge in [0, 0.05) is 25.9 Å². The fourth-order valence-corrected chi connectivity index (χ4v) is 1.13. The van der Waals surface area contributed by atoms with Crippen molar-refractivity contribution < 1.29 is 9.59 Å². The predicted octanol–water partition coefficient (Wildman–Crippen LogP) is -0.206. The zero-order valence-electron chi connectivity index (χ0n) is 10.2. The van der Waals surface area contributed by atoms with Crippen LogP contribution < -0.4 is 10.6 Å². The normalized spacial score (nSPS) is 10.4. The third-order valence-electron chi connectivity index (χ3n) is 2.04. The summed E-state index contributed by atoms with van der Waals surface area (Å²) in [5, 5.41) is 11.7. The first-order chi connectivity index (χ1) is 8.00. The number of rotatable bonds is 5. The molecule has 0 aliphatic heterocycles. The molecule has 94 valence electrons. The molecule has 1 aromatic rings. The second-order valence-electron chi connectivity index (χ2n) is 3.94. The van der Waals surface area contributed by atoms with Crippen molar-refractivity contribution in [3.05, 3.63) is 11.6 Å². The van der Waals surface area contributed by atoms with Gasteiger partial charge in [0.05, 0.1) is 0 Å². The van der Waals surface area contributed by atoms with Crippen molar-refractivity contribution in [1.29, 1.82) is 0 Å². The molecule has 17 heavy (non-hydrogen) atoms. The summed E-state index contributed by atoms with van der Waals surface area (Å²) >= 11 is 0. The average molecular weight is 239 g/mol. The molecule has 0 atom stereocenters. The maximum Gasteiger partial charge on any atom is 0.291 e. The quantitative estimate of drug-likeness (QED) is 0.619. The summed E-state index contributed by atoms with van der Waals surface area (Å²) in [5.74, 6) is 0.523. The Balaban J connectivity index is 2.39. The van der Waals surface area contributed by atoms with Gasteiger partial charge in [0.25, 0.3) is 5.91 Å². The lowest BCUT2D eigenvalue weighted by molar-refractivity contribution is -0.118. The van der Waals surface area contributed by atoms with Gasteiger partial charge >= 0.3 is 0 Å². The zero-order chi connectivity index (χ0) is 12.8. The third-order valence-corrected chi connectivity index (χ3v) is 2.04. The summed E-state index contributed by atoms with van der Waals surface area (Å²) in [5.41, 5.74) is 0. The minimum Gasteiger partial charge on any atom is -0.355 e. The van der Waals surface area contributed by atoms with E-state index in [0.29, 0.717) is 18.9 Å². The standard InChI is InChI=1S/C10H17N5O2/c1-6(2)8-13-9(15-14-8)10(17)12-5-4-11-7(3)16/h6H,4-5H2,1-3H3,(H,11,16)(H,12,17)(H,13,14,15). The van der Waals surface area contributed by atoms with Crippen LogP contribution in [0, 0.1) is 0 Å². The number of carbonyl (C=O) groups excluding carboxylic acids is 2. The lowest BCUT2D eigenvalue weighted by atomic mass is 10.2. The molecule has 2 amide bonds. The van der Waals surface area contributed by atoms with E-state index < -0.39 is 0 Å². The number of nitrogens with zero attached hydrogens (tertiary/aromatic N) is 2. The Bertz CT molecular complexity index is 399. The smallest absolute Gasteiger partial charge is 0.291 e. The molecule has 0 spiro atoms. The highest BCUT2D eigenvalue weighted by Gasteiger charge is 2.13. The fourth-order valence-electron chi connectivity index (χ4n) is 1.13. The van der Waals surface area contributed by atoms with Crippen LogP contribution in [0.25, 0.3) is 0 Å². The van der Waals surface area contributed by atoms with Crippen LogP contribution in [0.2, 0.25) is 0 Å². The van der Waals surface area contributed by atoms with Crippen LogP contribution in [0.1, 0.15) is 43.1 Å². The van der Waals surface area contributed by atoms with E-state index in [2.05, 4.69) is 25.8 Å². The van der Waals surface area contributed by atoms with E-state index in [9.17, 15) is 9.59 Å². The Labute approximate surface area is 99.4 Å². The van der Waals surface area contributed by atoms with Gasteiger partial charge in [-0.05, 0) is 0 Å². The van der Waals surface area contributed by atoms with E-state index in [-0.39, 0.29) is 23.6 Å². The summed E-state index contributed by atoms with van der Waals surface area (Å²) in [4.78, 5) is 26.2. The minimum absolute atomic E-state index is 0.122. The van der Waals surface area contributed by atoms with E-state index in [0.717, 1.165) is 0 Å². The van der Waals surface area contributed by atoms with Crippen molar-refractivity contribution in [2.45, 2.75) is 26.7 Å². The number of aromatic nitrogens is 3. The van der Waals surface area contributed by atoms with Crippen LogP contribution in [-0.2, 0) is 4.79 Å². The molecule has 1 rings (SSSR count). The van der Waals surface area contributed by atoms with E-state index in [1.54, 1.807) is 0 Å². The summed E-state index contributed by atoms with van der Waals surface area (Å²) < 4.78 is 0. The molecule has 1 heterocycles. The molecule has 0 aliphatic rings. The maximum absolute atomic E-state index is 11.6. The summed E-state index contributed by atoms with van der Waals surface area (Å²) in [6, 6.07) is 0. The van der Waals surface area contributed by atoms with Crippen LogP contribution >= 0.6 is 0 Å². The highest BCUT2D eigenvalue weighted by atomic mass is 16.2. The van der Waals surface area contributed by atoms with Crippen LogP contribution in [0.4, 0.5) is 0 Å². The molecule has 0 unspecified atom stereocenters. The van der Waals surface area contributed by atoms with Gasteiger partial charge in [0.1, 0.15) is 5.82 Å². The van der Waals surface area contributed by atoms with Crippen molar-refractivity contribution in [2.24, 2.45) is 0 Å². The van der Waals surface area contributed by atoms with E-state index in [4.69, 9.17) is 0 Å². The zero-order valence-corrected chi connectivity index (χ0v) is 10.2. The van der Waals surface area contributed by atoms with Gasteiger partial charge in [-0.15, -0.1) is 5.10 Å². The first kappa shape index (κ1) is 13.1. The molecular formula is C10H17N5O2. The van der Waals surface area contributed by atoms with Crippen LogP contribution in [0.15, 0.2) is 0 Å². The highest BCUT2D eigenvalue weighted by molar-refractivity contribution is 5.90. The van der Waals surface area contributed by atoms with E-state index in [1.165, 1.54) is 6.92 Å². The molecule has 1 aromatic heterocycles. The summed E-state index contributed by atoms with van der Waals surface area (Å²) in [7, 11) is 0. The average Bonchev–Trinajstić information content (AvgIpc) is 2.73. The summed E-state index contributed by atoms with van der Waals surface area (Å²) in [6.45, 7) is 6.08. The number of amides is 2. The van der Waals surface area contributed by atoms with Crippen molar-refractivity contribution in [3.63, 3.8) is 0 Å². The Kier molecular flexibility index (Phi) is 4.62. The van der Waals surface area contributed by atoms with Crippen LogP contribution in [0.3, 0.4) is 0 Å². The number of hydrogen-bond donors (Lipinski definition) is 3. The van der Waals surface area contributed by atoms with Crippen molar-refractivity contribution >= 4 is 11.8 Å². The number of aromatic amines is 1. The first-order valence-electron chi connectivity index (χ1n) is 5.45. The number of nitrogens with one attached hydrogen (secondary N) is 3. The number of H-pyrrole nitrogens is 1. The van der Waals surface area contributed by atoms with Gasteiger partial charge in [0.15, 0.2) is 0 Å². The Morgan fingerprint density at radius 2 is 1.94 bits per heavy atom. The highest BCUT2D eigenvalue weighted by Crippen LogP contribution is 2.07. The fraction of sp³-hybridized carbons (Fsp3) is 0.600. The molecule has 7 nitrogen and oxygen atoms in total. The van der Waals surface area contributed by atoms with Crippen LogP contribution in [-0.4, -0.2) is 40.1 Å². The van der Waals surface area contributed by atoms with Crippen LogP contribution in [0.5, 0.6) is 0 Å². The largest absolute Gasteiger partial charge is 0.355 e. The lowest BCUT2D eigenvalue weighted by Crippen LogP contribution is -2.34. The summed E-state index contributed by atoms with van der Waals surface area (Å²) in [6.07, 6.45) is 0. The maximum atomic E-state index is 11.6. The second-order valence-corrected chi connectivity index (χ2v) is 3.94. The van der Waals surface area contributed by atoms with Crippen molar-refractivity contribution in [2.75, 3.05) is 13.1 Å². The van der Waals surface area contributed by atoms with Crippen molar-refractivity contribution in [3.8, 4) is 0 Å². The van der Waals surface area contributed by atoms with Gasteiger partial charge in [-0.25, -0.2) is 4.98 Å². The van der Waals surface area contributed by atoms with Crippen molar-refractivity contribution in [1.82, 2.24) is 25.8 Å². The van der Waals surface area contributed by atoms with Gasteiger partial charge < -0.3 is 10.6 Å². The van der Waals surface area contributed by atoms with Gasteiger partial charge in [-0.3, -0.25) is 14.7 Å². The topological polar surface area (TPSA) is 99.8 Å². The molecule has 0 aromatic carbocycles. The molecule has 0 saturated carbocycles. The Hall–Kier alpha value is -1.92. The van der Waals surface area contributed by atoms with E-state index >= 15 is 0 Å². The first-order valence-corrected chi connectivity index (χ1v) is 5.45. The molecule has 3 N–H and O–H groups in total. The molecule has 7 heteroatoms. The predicted molar refractivity (Wildman–Crippen MR) is 61.5 cm³/mol. The molecule has 0 radical (unpaired) electrons. The lowest BCUT2D eigenvalue weighted by Gasteiger charge is -2.02. The molecule has 0 bridgehead atoms. The molecule has 0 saturated heterocycles. The third kappa shape index (κ3) is 4.21. The number of hydrogen-bond acceptors (Lipinski definition) is 4. The van der Waals surface area contributed by atoms with Gasteiger partial charge in [-0.2, -0.15) is 0 Å². The Morgan fingerprint density at radius 1 is 1.29 bits per heavy atom.